The maximum atomic E-state index is 13.2. The second-order valence-electron chi connectivity index (χ2n) is 12.4. The van der Waals surface area contributed by atoms with Gasteiger partial charge in [0.25, 0.3) is 17.5 Å². The molecule has 0 saturated carbocycles. The van der Waals surface area contributed by atoms with Gasteiger partial charge in [0.05, 0.1) is 27.5 Å². The fourth-order valence-corrected chi connectivity index (χ4v) is 5.98. The van der Waals surface area contributed by atoms with Crippen LogP contribution in [0.5, 0.6) is 0 Å². The molecule has 0 spiro atoms. The molecule has 1 atom stereocenters. The number of carbonyl (C=O) groups is 5. The number of carboxylic acids is 1. The number of halogens is 3. The third-order valence-electron chi connectivity index (χ3n) is 8.76. The highest BCUT2D eigenvalue weighted by Gasteiger charge is 2.45. The average Bonchev–Trinajstić information content (AvgIpc) is 3.35. The molecule has 3 N–H and O–H groups in total. The molecule has 15 nitrogen and oxygen atoms in total. The molecule has 0 bridgehead atoms. The number of para-hydroxylation sites is 1. The van der Waals surface area contributed by atoms with Crippen molar-refractivity contribution in [3.63, 3.8) is 0 Å². The van der Waals surface area contributed by atoms with Gasteiger partial charge in [-0.1, -0.05) is 30.2 Å². The number of hydrogen-bond acceptors (Lipinski definition) is 11. The van der Waals surface area contributed by atoms with E-state index in [0.717, 1.165) is 27.1 Å². The fourth-order valence-electron chi connectivity index (χ4n) is 5.98. The lowest BCUT2D eigenvalue weighted by molar-refractivity contribution is -0.384. The predicted octanol–water partition coefficient (Wildman–Crippen LogP) is 3.72. The van der Waals surface area contributed by atoms with Crippen molar-refractivity contribution in [1.29, 1.82) is 0 Å². The highest BCUT2D eigenvalue weighted by atomic mass is 19.4. The number of amides is 4. The monoisotopic (exact) mass is 743 g/mol. The van der Waals surface area contributed by atoms with Crippen LogP contribution in [0.4, 0.5) is 30.4 Å². The van der Waals surface area contributed by atoms with E-state index in [-0.39, 0.29) is 35.6 Å². The Labute approximate surface area is 303 Å². The number of imide groups is 2. The molecule has 3 aliphatic rings. The molecular formula is C36H28F3N7O8. The number of nitrogens with zero attached hydrogens (tertiary/aromatic N) is 5. The first-order valence-electron chi connectivity index (χ1n) is 16.4. The summed E-state index contributed by atoms with van der Waals surface area (Å²) in [5, 5.41) is 24.5. The number of nitrogens with one attached hydrogen (secondary N) is 2. The Hall–Kier alpha value is -6.90. The number of rotatable bonds is 7. The predicted molar refractivity (Wildman–Crippen MR) is 184 cm³/mol. The molecule has 4 amide bonds. The number of nitro benzene ring substituents is 1. The maximum absolute atomic E-state index is 13.2. The molecule has 3 aromatic carbocycles. The van der Waals surface area contributed by atoms with Crippen LogP contribution in [0.3, 0.4) is 0 Å². The lowest BCUT2D eigenvalue weighted by Crippen LogP contribution is -2.54. The number of anilines is 2. The minimum atomic E-state index is -5.08. The number of aliphatic carboxylic acids is 1. The Morgan fingerprint density at radius 1 is 1.00 bits per heavy atom. The Bertz CT molecular complexity index is 2260. The first kappa shape index (κ1) is 36.9. The number of piperidine rings is 1. The van der Waals surface area contributed by atoms with Crippen LogP contribution in [0.2, 0.25) is 0 Å². The van der Waals surface area contributed by atoms with Gasteiger partial charge in [0.15, 0.2) is 0 Å². The highest BCUT2D eigenvalue weighted by Crippen LogP contribution is 2.33. The third kappa shape index (κ3) is 7.94. The molecule has 54 heavy (non-hydrogen) atoms. The Morgan fingerprint density at radius 2 is 1.69 bits per heavy atom. The van der Waals surface area contributed by atoms with Crippen LogP contribution < -0.4 is 15.5 Å². The van der Waals surface area contributed by atoms with Crippen molar-refractivity contribution in [3.05, 3.63) is 99.4 Å². The average molecular weight is 744 g/mol. The molecule has 4 aromatic rings. The SMILES string of the molecule is O=C(O)C(F)(F)F.O=C1CCC(N2C(=O)c3ccc(N4CC(C#Cc5nc(NCCc6ccc([N+](=O)[O-])cc6)c6ccccc6n5)C4)cc3C2=O)C(=O)N1. The maximum Gasteiger partial charge on any atom is 0.490 e. The number of nitro groups is 1. The standard InChI is InChI=1S/C34H27N7O6.C2HF3O2/c42-30-14-12-28(32(43)38-30)40-33(44)24-11-10-23(17-26(24)34(40)45)39-18-21(19-39)7-13-29-36-27-4-2-1-3-25(27)31(37-29)35-16-15-20-5-8-22(9-6-20)41(46)47;3-2(4,5)1(6)7/h1-6,8-11,17,21,28H,12,14-16,18-19H2,(H,35,36,37)(H,38,42,43);(H,6,7). The number of aromatic nitrogens is 2. The van der Waals surface area contributed by atoms with Crippen molar-refractivity contribution in [2.75, 3.05) is 29.9 Å². The number of benzene rings is 3. The van der Waals surface area contributed by atoms with Crippen molar-refractivity contribution >= 4 is 57.7 Å². The van der Waals surface area contributed by atoms with E-state index in [2.05, 4.69) is 37.3 Å². The van der Waals surface area contributed by atoms with Gasteiger partial charge in [-0.05, 0) is 54.7 Å². The molecule has 1 unspecified atom stereocenters. The van der Waals surface area contributed by atoms with Crippen LogP contribution in [-0.4, -0.2) is 86.3 Å². The van der Waals surface area contributed by atoms with E-state index in [0.29, 0.717) is 37.7 Å². The number of carbonyl (C=O) groups excluding carboxylic acids is 4. The van der Waals surface area contributed by atoms with Gasteiger partial charge in [0, 0.05) is 49.3 Å². The smallest absolute Gasteiger partial charge is 0.475 e. The van der Waals surface area contributed by atoms with E-state index in [1.54, 1.807) is 30.3 Å². The van der Waals surface area contributed by atoms with Crippen LogP contribution in [0.1, 0.15) is 44.9 Å². The third-order valence-corrected chi connectivity index (χ3v) is 8.76. The Morgan fingerprint density at radius 3 is 2.35 bits per heavy atom. The Balaban J connectivity index is 0.000000649. The van der Waals surface area contributed by atoms with Crippen LogP contribution in [0, 0.1) is 27.9 Å². The number of fused-ring (bicyclic) bond motifs is 2. The molecule has 3 aliphatic heterocycles. The second kappa shape index (κ2) is 15.0. The quantitative estimate of drug-likeness (QED) is 0.107. The number of carboxylic acid groups (broad SMARTS) is 1. The van der Waals surface area contributed by atoms with Gasteiger partial charge >= 0.3 is 12.1 Å². The number of non-ortho nitro benzene ring substituents is 1. The minimum absolute atomic E-state index is 0.0363. The summed E-state index contributed by atoms with van der Waals surface area (Å²) in [7, 11) is 0. The van der Waals surface area contributed by atoms with Crippen LogP contribution in [0.25, 0.3) is 10.9 Å². The van der Waals surface area contributed by atoms with Crippen LogP contribution in [0.15, 0.2) is 66.7 Å². The Kier molecular flexibility index (Phi) is 10.2. The summed E-state index contributed by atoms with van der Waals surface area (Å²) in [6.45, 7) is 1.78. The van der Waals surface area contributed by atoms with Crippen molar-refractivity contribution in [2.45, 2.75) is 31.5 Å². The van der Waals surface area contributed by atoms with E-state index in [4.69, 9.17) is 9.90 Å². The van der Waals surface area contributed by atoms with Gasteiger partial charge in [0.1, 0.15) is 11.9 Å². The zero-order valence-electron chi connectivity index (χ0n) is 27.9. The van der Waals surface area contributed by atoms with E-state index in [1.165, 1.54) is 12.1 Å². The van der Waals surface area contributed by atoms with Gasteiger partial charge in [0.2, 0.25) is 17.6 Å². The molecule has 7 rings (SSSR count). The first-order valence-corrected chi connectivity index (χ1v) is 16.4. The topological polar surface area (TPSA) is 205 Å². The molecule has 2 saturated heterocycles. The zero-order chi connectivity index (χ0) is 38.7. The number of alkyl halides is 3. The van der Waals surface area contributed by atoms with Gasteiger partial charge < -0.3 is 15.3 Å². The summed E-state index contributed by atoms with van der Waals surface area (Å²) < 4.78 is 31.7. The fraction of sp³-hybridized carbons (Fsp3) is 0.250. The highest BCUT2D eigenvalue weighted by molar-refractivity contribution is 6.23. The molecule has 0 aliphatic carbocycles. The summed E-state index contributed by atoms with van der Waals surface area (Å²) in [4.78, 5) is 81.8. The van der Waals surface area contributed by atoms with Gasteiger partial charge in [-0.2, -0.15) is 13.2 Å². The van der Waals surface area contributed by atoms with Crippen LogP contribution >= 0.6 is 0 Å². The first-order chi connectivity index (χ1) is 25.7. The minimum Gasteiger partial charge on any atom is -0.475 e. The van der Waals surface area contributed by atoms with Crippen molar-refractivity contribution in [1.82, 2.24) is 20.2 Å². The summed E-state index contributed by atoms with van der Waals surface area (Å²) in [6, 6.07) is 18.2. The summed E-state index contributed by atoms with van der Waals surface area (Å²) >= 11 is 0. The summed E-state index contributed by atoms with van der Waals surface area (Å²) in [5.74, 6) is 2.55. The number of hydrogen-bond donors (Lipinski definition) is 3. The normalized spacial score (nSPS) is 16.8. The second-order valence-corrected chi connectivity index (χ2v) is 12.4. The summed E-state index contributed by atoms with van der Waals surface area (Å²) in [6.07, 6.45) is -4.26. The van der Waals surface area contributed by atoms with Crippen molar-refractivity contribution < 1.29 is 47.2 Å². The lowest BCUT2D eigenvalue weighted by Gasteiger charge is -2.38. The van der Waals surface area contributed by atoms with E-state index in [1.807, 2.05) is 24.3 Å². The van der Waals surface area contributed by atoms with Crippen molar-refractivity contribution in [3.8, 4) is 11.8 Å². The van der Waals surface area contributed by atoms with Crippen LogP contribution in [-0.2, 0) is 20.8 Å². The molecule has 276 valence electrons. The molecule has 1 aromatic heterocycles. The van der Waals surface area contributed by atoms with Gasteiger partial charge in [-0.3, -0.25) is 39.5 Å². The largest absolute Gasteiger partial charge is 0.490 e. The zero-order valence-corrected chi connectivity index (χ0v) is 27.9. The van der Waals surface area contributed by atoms with E-state index >= 15 is 0 Å². The molecule has 18 heteroatoms. The molecule has 4 heterocycles. The van der Waals surface area contributed by atoms with E-state index in [9.17, 15) is 42.5 Å². The van der Waals surface area contributed by atoms with Gasteiger partial charge in [-0.25, -0.2) is 14.8 Å². The molecule has 2 fully saturated rings. The molecular weight excluding hydrogens is 715 g/mol. The van der Waals surface area contributed by atoms with Gasteiger partial charge in [-0.15, -0.1) is 0 Å². The summed E-state index contributed by atoms with van der Waals surface area (Å²) in [5.41, 5.74) is 3.02. The lowest BCUT2D eigenvalue weighted by atomic mass is 9.98. The van der Waals surface area contributed by atoms with E-state index < -0.39 is 46.7 Å². The molecule has 0 radical (unpaired) electrons. The van der Waals surface area contributed by atoms with Crippen molar-refractivity contribution in [2.24, 2.45) is 5.92 Å².